The van der Waals surface area contributed by atoms with Crippen LogP contribution in [0.25, 0.3) is 0 Å². The first-order chi connectivity index (χ1) is 16.3. The number of rotatable bonds is 8. The number of carboxylic acid groups (broad SMARTS) is 1. The number of sulfonamides is 1. The molecule has 2 aromatic rings. The van der Waals surface area contributed by atoms with E-state index in [-0.39, 0.29) is 23.4 Å². The van der Waals surface area contributed by atoms with Crippen LogP contribution in [0.3, 0.4) is 0 Å². The molecule has 11 heteroatoms. The van der Waals surface area contributed by atoms with Gasteiger partial charge in [-0.3, -0.25) is 4.79 Å². The third kappa shape index (κ3) is 6.59. The van der Waals surface area contributed by atoms with E-state index in [9.17, 15) is 30.8 Å². The molecular weight excluding hydrogens is 488 g/mol. The molecule has 2 atom stereocenters. The van der Waals surface area contributed by atoms with E-state index < -0.39 is 33.5 Å². The van der Waals surface area contributed by atoms with Crippen LogP contribution in [-0.2, 0) is 33.8 Å². The molecule has 0 unspecified atom stereocenters. The largest absolute Gasteiger partial charge is 0.481 e. The molecule has 0 radical (unpaired) electrons. The SMILES string of the molecule is C[C@@H]1CN(CCCc2ccc(C(F)(F)F)c(F)c2)C[C@H](C)N1S(=O)(=O)c1cccc(CC(=O)O)c1. The van der Waals surface area contributed by atoms with E-state index in [0.717, 1.165) is 12.1 Å². The number of nitrogens with zero attached hydrogens (tertiary/aromatic N) is 2. The van der Waals surface area contributed by atoms with Gasteiger partial charge in [0.15, 0.2) is 0 Å². The highest BCUT2D eigenvalue weighted by atomic mass is 32.2. The molecule has 0 bridgehead atoms. The molecule has 1 aliphatic heterocycles. The number of hydrogen-bond acceptors (Lipinski definition) is 4. The summed E-state index contributed by atoms with van der Waals surface area (Å²) >= 11 is 0. The minimum absolute atomic E-state index is 0.0488. The molecule has 1 aliphatic rings. The van der Waals surface area contributed by atoms with Crippen LogP contribution in [0.4, 0.5) is 17.6 Å². The lowest BCUT2D eigenvalue weighted by Gasteiger charge is -2.43. The Labute approximate surface area is 202 Å². The number of alkyl halides is 3. The lowest BCUT2D eigenvalue weighted by atomic mass is 10.1. The summed E-state index contributed by atoms with van der Waals surface area (Å²) in [5.41, 5.74) is -0.411. The average molecular weight is 517 g/mol. The zero-order valence-electron chi connectivity index (χ0n) is 19.4. The van der Waals surface area contributed by atoms with Crippen LogP contribution in [0.1, 0.15) is 37.0 Å². The second kappa shape index (κ2) is 10.6. The molecule has 1 N–H and O–H groups in total. The van der Waals surface area contributed by atoms with Gasteiger partial charge >= 0.3 is 12.1 Å². The molecule has 1 heterocycles. The van der Waals surface area contributed by atoms with Crippen LogP contribution in [0.5, 0.6) is 0 Å². The number of hydrogen-bond donors (Lipinski definition) is 1. The van der Waals surface area contributed by atoms with Crippen molar-refractivity contribution in [1.82, 2.24) is 9.21 Å². The number of aryl methyl sites for hydroxylation is 1. The Morgan fingerprint density at radius 2 is 1.71 bits per heavy atom. The van der Waals surface area contributed by atoms with Gasteiger partial charge in [0.05, 0.1) is 16.9 Å². The zero-order valence-corrected chi connectivity index (χ0v) is 20.2. The average Bonchev–Trinajstić information content (AvgIpc) is 2.72. The van der Waals surface area contributed by atoms with Gasteiger partial charge in [0.2, 0.25) is 10.0 Å². The molecule has 0 saturated carbocycles. The van der Waals surface area contributed by atoms with Crippen LogP contribution in [0, 0.1) is 5.82 Å². The van der Waals surface area contributed by atoms with Crippen LogP contribution in [0.2, 0.25) is 0 Å². The second-order valence-corrected chi connectivity index (χ2v) is 10.8. The van der Waals surface area contributed by atoms with Gasteiger partial charge in [-0.1, -0.05) is 18.2 Å². The Kier molecular flexibility index (Phi) is 8.23. The summed E-state index contributed by atoms with van der Waals surface area (Å²) in [6.45, 7) is 5.10. The van der Waals surface area contributed by atoms with Gasteiger partial charge in [-0.2, -0.15) is 17.5 Å². The first-order valence-corrected chi connectivity index (χ1v) is 12.7. The fraction of sp³-hybridized carbons (Fsp3) is 0.458. The molecule has 3 rings (SSSR count). The van der Waals surface area contributed by atoms with E-state index >= 15 is 0 Å². The normalized spacial score (nSPS) is 20.2. The molecule has 0 spiro atoms. The monoisotopic (exact) mass is 516 g/mol. The van der Waals surface area contributed by atoms with Crippen molar-refractivity contribution in [3.8, 4) is 0 Å². The van der Waals surface area contributed by atoms with Crippen molar-refractivity contribution in [2.75, 3.05) is 19.6 Å². The van der Waals surface area contributed by atoms with E-state index in [1.54, 1.807) is 19.9 Å². The Morgan fingerprint density at radius 1 is 1.06 bits per heavy atom. The highest BCUT2D eigenvalue weighted by Crippen LogP contribution is 2.32. The summed E-state index contributed by atoms with van der Waals surface area (Å²) in [5.74, 6) is -2.34. The quantitative estimate of drug-likeness (QED) is 0.533. The van der Waals surface area contributed by atoms with E-state index in [1.807, 2.05) is 0 Å². The molecule has 1 fully saturated rings. The number of carboxylic acids is 1. The summed E-state index contributed by atoms with van der Waals surface area (Å²) in [6.07, 6.45) is -4.03. The first kappa shape index (κ1) is 27.1. The van der Waals surface area contributed by atoms with Crippen molar-refractivity contribution in [3.05, 3.63) is 65.0 Å². The van der Waals surface area contributed by atoms with Gasteiger partial charge in [0, 0.05) is 25.2 Å². The highest BCUT2D eigenvalue weighted by Gasteiger charge is 2.38. The van der Waals surface area contributed by atoms with Crippen molar-refractivity contribution >= 4 is 16.0 Å². The molecule has 0 aliphatic carbocycles. The maximum atomic E-state index is 13.8. The van der Waals surface area contributed by atoms with Crippen molar-refractivity contribution < 1.29 is 35.9 Å². The molecule has 35 heavy (non-hydrogen) atoms. The smallest absolute Gasteiger partial charge is 0.419 e. The van der Waals surface area contributed by atoms with Crippen molar-refractivity contribution in [2.45, 2.75) is 56.3 Å². The first-order valence-electron chi connectivity index (χ1n) is 11.2. The predicted octanol–water partition coefficient (Wildman–Crippen LogP) is 4.19. The minimum atomic E-state index is -4.73. The summed E-state index contributed by atoms with van der Waals surface area (Å²) in [4.78, 5) is 13.1. The topological polar surface area (TPSA) is 77.9 Å². The minimum Gasteiger partial charge on any atom is -0.481 e. The Morgan fingerprint density at radius 3 is 2.29 bits per heavy atom. The molecule has 192 valence electrons. The maximum Gasteiger partial charge on any atom is 0.419 e. The number of carbonyl (C=O) groups is 1. The van der Waals surface area contributed by atoms with Crippen LogP contribution in [-0.4, -0.2) is 60.4 Å². The summed E-state index contributed by atoms with van der Waals surface area (Å²) < 4.78 is 80.1. The fourth-order valence-corrected chi connectivity index (χ4v) is 6.51. The lowest BCUT2D eigenvalue weighted by molar-refractivity contribution is -0.140. The lowest BCUT2D eigenvalue weighted by Crippen LogP contribution is -2.58. The van der Waals surface area contributed by atoms with E-state index in [4.69, 9.17) is 5.11 Å². The number of aliphatic carboxylic acids is 1. The van der Waals surface area contributed by atoms with Crippen LogP contribution < -0.4 is 0 Å². The van der Waals surface area contributed by atoms with Gasteiger partial charge < -0.3 is 10.0 Å². The van der Waals surface area contributed by atoms with Gasteiger partial charge in [0.25, 0.3) is 0 Å². The zero-order chi connectivity index (χ0) is 26.0. The maximum absolute atomic E-state index is 13.8. The standard InChI is InChI=1S/C24H28F4N2O4S/c1-16-14-29(10-4-6-18-8-9-21(22(25)12-18)24(26,27)28)15-17(2)30(16)35(33,34)20-7-3-5-19(11-20)13-23(31)32/h3,5,7-9,11-12,16-17H,4,6,10,13-15H2,1-2H3,(H,31,32)/t16-,17+. The van der Waals surface area contributed by atoms with Gasteiger partial charge in [0.1, 0.15) is 5.82 Å². The van der Waals surface area contributed by atoms with E-state index in [1.165, 1.54) is 28.6 Å². The number of benzene rings is 2. The highest BCUT2D eigenvalue weighted by molar-refractivity contribution is 7.89. The molecule has 0 aromatic heterocycles. The fourth-order valence-electron chi connectivity index (χ4n) is 4.64. The van der Waals surface area contributed by atoms with Crippen molar-refractivity contribution in [2.24, 2.45) is 0 Å². The Hall–Kier alpha value is -2.50. The van der Waals surface area contributed by atoms with Gasteiger partial charge in [-0.25, -0.2) is 12.8 Å². The van der Waals surface area contributed by atoms with Crippen LogP contribution in [0.15, 0.2) is 47.4 Å². The number of piperazine rings is 1. The third-order valence-electron chi connectivity index (χ3n) is 6.02. The summed E-state index contributed by atoms with van der Waals surface area (Å²) in [7, 11) is -3.85. The van der Waals surface area contributed by atoms with Gasteiger partial charge in [-0.15, -0.1) is 0 Å². The molecule has 0 amide bonds. The molecule has 1 saturated heterocycles. The van der Waals surface area contributed by atoms with E-state index in [2.05, 4.69) is 4.90 Å². The third-order valence-corrected chi connectivity index (χ3v) is 8.15. The van der Waals surface area contributed by atoms with Gasteiger partial charge in [-0.05, 0) is 68.6 Å². The molecule has 6 nitrogen and oxygen atoms in total. The molecule has 2 aromatic carbocycles. The summed E-state index contributed by atoms with van der Waals surface area (Å²) in [6, 6.07) is 8.18. The van der Waals surface area contributed by atoms with E-state index in [0.29, 0.717) is 43.6 Å². The van der Waals surface area contributed by atoms with Crippen molar-refractivity contribution in [1.29, 1.82) is 0 Å². The van der Waals surface area contributed by atoms with Crippen molar-refractivity contribution in [3.63, 3.8) is 0 Å². The Bertz CT molecular complexity index is 1160. The van der Waals surface area contributed by atoms with Crippen LogP contribution >= 0.6 is 0 Å². The predicted molar refractivity (Wildman–Crippen MR) is 122 cm³/mol. The Balaban J connectivity index is 1.62. The number of halogens is 4. The second-order valence-electron chi connectivity index (χ2n) is 8.93. The molecular formula is C24H28F4N2O4S. The summed E-state index contributed by atoms with van der Waals surface area (Å²) in [5, 5.41) is 8.99.